The third-order valence-electron chi connectivity index (χ3n) is 4.65. The van der Waals surface area contributed by atoms with Crippen LogP contribution in [0.1, 0.15) is 46.1 Å². The quantitative estimate of drug-likeness (QED) is 0.434. The minimum Gasteiger partial charge on any atom is -0.382 e. The molecule has 3 rings (SSSR count). The van der Waals surface area contributed by atoms with Gasteiger partial charge in [-0.2, -0.15) is 10.2 Å². The Kier molecular flexibility index (Phi) is 5.89. The van der Waals surface area contributed by atoms with Gasteiger partial charge in [0, 0.05) is 40.9 Å². The molecule has 1 aromatic heterocycles. The Morgan fingerprint density at radius 2 is 1.96 bits per heavy atom. The molecule has 1 fully saturated rings. The van der Waals surface area contributed by atoms with Crippen molar-refractivity contribution in [1.82, 2.24) is 15.1 Å². The molecule has 0 saturated carbocycles. The number of nitrogens with zero attached hydrogens (tertiary/aromatic N) is 4. The maximum absolute atomic E-state index is 6.61. The van der Waals surface area contributed by atoms with Crippen LogP contribution >= 0.6 is 23.4 Å². The van der Waals surface area contributed by atoms with Gasteiger partial charge >= 0.3 is 0 Å². The molecule has 28 heavy (non-hydrogen) atoms. The highest BCUT2D eigenvalue weighted by Crippen LogP contribution is 2.38. The second-order valence-corrected chi connectivity index (χ2v) is 10.1. The molecule has 0 bridgehead atoms. The summed E-state index contributed by atoms with van der Waals surface area (Å²) in [6.07, 6.45) is 3.86. The molecular formula is C20H27ClN6S. The standard InChI is InChI=1S/C20H27ClN6S/c1-19(2)11-14(12-20(3,4)26-19)28-18(24-23-5)15-7-6-13(10-16(15)21)27-9-8-17(22)25-27/h6-10,14,26H,5,11-12H2,1-4H3,(H2,22,25)/b24-18-. The van der Waals surface area contributed by atoms with E-state index in [1.807, 2.05) is 18.2 Å². The lowest BCUT2D eigenvalue weighted by Crippen LogP contribution is -2.58. The average Bonchev–Trinajstić information content (AvgIpc) is 2.98. The van der Waals surface area contributed by atoms with Crippen molar-refractivity contribution in [3.63, 3.8) is 0 Å². The molecule has 0 amide bonds. The Labute approximate surface area is 175 Å². The molecule has 150 valence electrons. The number of nitrogens with two attached hydrogens (primary N) is 1. The number of anilines is 1. The number of nitrogen functional groups attached to an aromatic ring is 1. The highest BCUT2D eigenvalue weighted by molar-refractivity contribution is 8.15. The van der Waals surface area contributed by atoms with E-state index in [9.17, 15) is 0 Å². The van der Waals surface area contributed by atoms with E-state index in [4.69, 9.17) is 17.3 Å². The molecule has 2 aromatic rings. The molecular weight excluding hydrogens is 392 g/mol. The molecule has 0 spiro atoms. The first-order valence-electron chi connectivity index (χ1n) is 9.20. The zero-order valence-electron chi connectivity index (χ0n) is 16.7. The highest BCUT2D eigenvalue weighted by atomic mass is 35.5. The van der Waals surface area contributed by atoms with Crippen molar-refractivity contribution in [3.05, 3.63) is 41.0 Å². The van der Waals surface area contributed by atoms with Gasteiger partial charge < -0.3 is 11.1 Å². The Hall–Kier alpha value is -1.83. The second kappa shape index (κ2) is 7.89. The van der Waals surface area contributed by atoms with Crippen LogP contribution in [0.5, 0.6) is 0 Å². The van der Waals surface area contributed by atoms with E-state index in [1.165, 1.54) is 0 Å². The lowest BCUT2D eigenvalue weighted by atomic mass is 9.82. The summed E-state index contributed by atoms with van der Waals surface area (Å²) in [5.74, 6) is 0.463. The molecule has 0 unspecified atom stereocenters. The van der Waals surface area contributed by atoms with Crippen molar-refractivity contribution in [2.45, 2.75) is 56.9 Å². The number of hydrogen-bond acceptors (Lipinski definition) is 6. The fourth-order valence-electron chi connectivity index (χ4n) is 3.98. The normalized spacial score (nSPS) is 19.5. The van der Waals surface area contributed by atoms with E-state index in [0.717, 1.165) is 29.1 Å². The van der Waals surface area contributed by atoms with Crippen LogP contribution in [0.2, 0.25) is 5.02 Å². The number of benzene rings is 1. The van der Waals surface area contributed by atoms with Crippen LogP contribution in [0, 0.1) is 0 Å². The van der Waals surface area contributed by atoms with Crippen LogP contribution in [0.3, 0.4) is 0 Å². The van der Waals surface area contributed by atoms with E-state index in [0.29, 0.717) is 16.1 Å². The van der Waals surface area contributed by atoms with Crippen molar-refractivity contribution in [1.29, 1.82) is 0 Å². The maximum atomic E-state index is 6.61. The predicted octanol–water partition coefficient (Wildman–Crippen LogP) is 4.51. The van der Waals surface area contributed by atoms with Gasteiger partial charge in [-0.3, -0.25) is 0 Å². The summed E-state index contributed by atoms with van der Waals surface area (Å²) in [5, 5.41) is 17.8. The number of rotatable bonds is 4. The molecule has 0 aliphatic carbocycles. The van der Waals surface area contributed by atoms with Crippen molar-refractivity contribution >= 4 is 40.9 Å². The summed E-state index contributed by atoms with van der Waals surface area (Å²) in [6, 6.07) is 7.50. The van der Waals surface area contributed by atoms with Crippen LogP contribution in [-0.2, 0) is 0 Å². The number of thioether (sulfide) groups is 1. The monoisotopic (exact) mass is 418 g/mol. The first-order valence-corrected chi connectivity index (χ1v) is 10.5. The van der Waals surface area contributed by atoms with Crippen LogP contribution in [0.4, 0.5) is 5.82 Å². The van der Waals surface area contributed by atoms with Gasteiger partial charge in [-0.15, -0.1) is 16.9 Å². The Balaban J connectivity index is 1.86. The molecule has 1 aromatic carbocycles. The smallest absolute Gasteiger partial charge is 0.145 e. The molecule has 1 aliphatic heterocycles. The number of piperidine rings is 1. The summed E-state index contributed by atoms with van der Waals surface area (Å²) >= 11 is 8.32. The van der Waals surface area contributed by atoms with Crippen LogP contribution in [0.25, 0.3) is 5.69 Å². The molecule has 3 N–H and O–H groups in total. The summed E-state index contributed by atoms with van der Waals surface area (Å²) in [4.78, 5) is 0. The number of hydrogen-bond donors (Lipinski definition) is 2. The average molecular weight is 419 g/mol. The Bertz CT molecular complexity index is 886. The van der Waals surface area contributed by atoms with Crippen molar-refractivity contribution in [3.8, 4) is 5.69 Å². The van der Waals surface area contributed by atoms with Crippen LogP contribution in [0.15, 0.2) is 40.7 Å². The summed E-state index contributed by atoms with van der Waals surface area (Å²) < 4.78 is 1.69. The lowest BCUT2D eigenvalue weighted by Gasteiger charge is -2.46. The van der Waals surface area contributed by atoms with Gasteiger partial charge in [0.1, 0.15) is 10.9 Å². The van der Waals surface area contributed by atoms with Gasteiger partial charge in [0.15, 0.2) is 0 Å². The molecule has 8 heteroatoms. The number of nitrogens with one attached hydrogen (secondary N) is 1. The number of aromatic nitrogens is 2. The summed E-state index contributed by atoms with van der Waals surface area (Å²) in [6.45, 7) is 12.5. The SMILES string of the molecule is C=N/N=C(\SC1CC(C)(C)NC(C)(C)C1)c1ccc(-n2ccc(N)n2)cc1Cl. The summed E-state index contributed by atoms with van der Waals surface area (Å²) in [5.41, 5.74) is 7.50. The van der Waals surface area contributed by atoms with E-state index < -0.39 is 0 Å². The largest absolute Gasteiger partial charge is 0.382 e. The van der Waals surface area contributed by atoms with E-state index in [2.05, 4.69) is 55.0 Å². The first-order chi connectivity index (χ1) is 13.1. The topological polar surface area (TPSA) is 80.6 Å². The zero-order chi connectivity index (χ0) is 20.5. The van der Waals surface area contributed by atoms with Gasteiger partial charge in [-0.1, -0.05) is 11.6 Å². The van der Waals surface area contributed by atoms with Crippen LogP contribution in [-0.4, -0.2) is 37.9 Å². The predicted molar refractivity (Wildman–Crippen MR) is 121 cm³/mol. The third kappa shape index (κ3) is 4.96. The summed E-state index contributed by atoms with van der Waals surface area (Å²) in [7, 11) is 0. The lowest BCUT2D eigenvalue weighted by molar-refractivity contribution is 0.189. The minimum absolute atomic E-state index is 0.0554. The van der Waals surface area contributed by atoms with Gasteiger partial charge in [0.2, 0.25) is 0 Å². The zero-order valence-corrected chi connectivity index (χ0v) is 18.3. The maximum Gasteiger partial charge on any atom is 0.145 e. The van der Waals surface area contributed by atoms with E-state index in [-0.39, 0.29) is 11.1 Å². The fourth-order valence-corrected chi connectivity index (χ4v) is 6.02. The molecule has 1 aliphatic rings. The number of halogens is 1. The molecule has 0 atom stereocenters. The Morgan fingerprint density at radius 3 is 2.50 bits per heavy atom. The van der Waals surface area contributed by atoms with Crippen molar-refractivity contribution in [2.75, 3.05) is 5.73 Å². The highest BCUT2D eigenvalue weighted by Gasteiger charge is 2.38. The first kappa shape index (κ1) is 20.9. The molecule has 1 saturated heterocycles. The molecule has 2 heterocycles. The Morgan fingerprint density at radius 1 is 1.29 bits per heavy atom. The minimum atomic E-state index is 0.0554. The third-order valence-corrected chi connectivity index (χ3v) is 6.15. The van der Waals surface area contributed by atoms with Crippen molar-refractivity contribution < 1.29 is 0 Å². The fraction of sp³-hybridized carbons (Fsp3) is 0.450. The molecule has 6 nitrogen and oxygen atoms in total. The van der Waals surface area contributed by atoms with E-state index >= 15 is 0 Å². The van der Waals surface area contributed by atoms with Gasteiger partial charge in [-0.25, -0.2) is 4.68 Å². The van der Waals surface area contributed by atoms with Crippen LogP contribution < -0.4 is 11.1 Å². The second-order valence-electron chi connectivity index (χ2n) is 8.44. The van der Waals surface area contributed by atoms with Crippen molar-refractivity contribution in [2.24, 2.45) is 10.2 Å². The molecule has 0 radical (unpaired) electrons. The van der Waals surface area contributed by atoms with Gasteiger partial charge in [-0.05, 0) is 58.7 Å². The van der Waals surface area contributed by atoms with Gasteiger partial charge in [0.25, 0.3) is 0 Å². The van der Waals surface area contributed by atoms with E-state index in [1.54, 1.807) is 28.7 Å². The van der Waals surface area contributed by atoms with Gasteiger partial charge in [0.05, 0.1) is 10.7 Å².